The molecule has 0 aliphatic carbocycles. The third-order valence-corrected chi connectivity index (χ3v) is 2.13. The number of hydrogen-bond acceptors (Lipinski definition) is 5. The van der Waals surface area contributed by atoms with Crippen molar-refractivity contribution in [2.24, 2.45) is 0 Å². The number of hydrogen-bond donors (Lipinski definition) is 4. The number of nitrogens with one attached hydrogen (secondary N) is 2. The molecule has 0 saturated heterocycles. The van der Waals surface area contributed by atoms with E-state index in [1.807, 2.05) is 6.07 Å². The SMILES string of the molecule is CCCNc1cc(NC(CO)CO)ccn1. The van der Waals surface area contributed by atoms with Crippen molar-refractivity contribution in [1.82, 2.24) is 4.98 Å². The highest BCUT2D eigenvalue weighted by molar-refractivity contribution is 5.52. The Balaban J connectivity index is 2.59. The normalized spacial score (nSPS) is 10.5. The number of rotatable bonds is 7. The zero-order valence-corrected chi connectivity index (χ0v) is 9.48. The van der Waals surface area contributed by atoms with Crippen LogP contribution in [-0.4, -0.2) is 41.0 Å². The second-order valence-corrected chi connectivity index (χ2v) is 3.56. The smallest absolute Gasteiger partial charge is 0.127 e. The number of aliphatic hydroxyl groups excluding tert-OH is 2. The van der Waals surface area contributed by atoms with Crippen molar-refractivity contribution < 1.29 is 10.2 Å². The molecule has 0 amide bonds. The Kier molecular flexibility index (Phi) is 5.60. The first-order valence-electron chi connectivity index (χ1n) is 5.48. The molecule has 1 rings (SSSR count). The number of aliphatic hydroxyl groups is 2. The van der Waals surface area contributed by atoms with Crippen LogP contribution in [-0.2, 0) is 0 Å². The van der Waals surface area contributed by atoms with Crippen LogP contribution >= 0.6 is 0 Å². The van der Waals surface area contributed by atoms with Crippen LogP contribution in [0.1, 0.15) is 13.3 Å². The topological polar surface area (TPSA) is 77.4 Å². The molecule has 0 saturated carbocycles. The van der Waals surface area contributed by atoms with Gasteiger partial charge >= 0.3 is 0 Å². The van der Waals surface area contributed by atoms with Gasteiger partial charge in [-0.1, -0.05) is 6.92 Å². The third-order valence-electron chi connectivity index (χ3n) is 2.13. The summed E-state index contributed by atoms with van der Waals surface area (Å²) < 4.78 is 0. The van der Waals surface area contributed by atoms with Crippen LogP contribution in [0, 0.1) is 0 Å². The lowest BCUT2D eigenvalue weighted by molar-refractivity contribution is 0.204. The van der Waals surface area contributed by atoms with Gasteiger partial charge in [-0.25, -0.2) is 4.98 Å². The largest absolute Gasteiger partial charge is 0.394 e. The van der Waals surface area contributed by atoms with E-state index in [1.165, 1.54) is 0 Å². The lowest BCUT2D eigenvalue weighted by Crippen LogP contribution is -2.27. The van der Waals surface area contributed by atoms with Crippen LogP contribution in [0.25, 0.3) is 0 Å². The quantitative estimate of drug-likeness (QED) is 0.548. The molecule has 4 N–H and O–H groups in total. The van der Waals surface area contributed by atoms with E-state index >= 15 is 0 Å². The molecular weight excluding hydrogens is 206 g/mol. The standard InChI is InChI=1S/C11H19N3O2/c1-2-4-12-11-6-9(3-5-13-11)14-10(7-15)8-16/h3,5-6,10,15-16H,2,4,7-8H2,1H3,(H2,12,13,14). The van der Waals surface area contributed by atoms with E-state index in [4.69, 9.17) is 10.2 Å². The molecule has 0 fully saturated rings. The number of anilines is 2. The van der Waals surface area contributed by atoms with E-state index in [-0.39, 0.29) is 19.3 Å². The molecular formula is C11H19N3O2. The maximum absolute atomic E-state index is 8.94. The molecule has 0 unspecified atom stereocenters. The first kappa shape index (κ1) is 12.7. The van der Waals surface area contributed by atoms with Gasteiger partial charge in [-0.2, -0.15) is 0 Å². The Labute approximate surface area is 95.5 Å². The van der Waals surface area contributed by atoms with Gasteiger partial charge in [0.25, 0.3) is 0 Å². The van der Waals surface area contributed by atoms with Gasteiger partial charge in [0.05, 0.1) is 19.3 Å². The molecule has 1 aromatic heterocycles. The summed E-state index contributed by atoms with van der Waals surface area (Å²) in [6, 6.07) is 3.32. The average Bonchev–Trinajstić information content (AvgIpc) is 2.34. The van der Waals surface area contributed by atoms with Crippen molar-refractivity contribution in [1.29, 1.82) is 0 Å². The molecule has 0 aliphatic rings. The maximum Gasteiger partial charge on any atom is 0.127 e. The van der Waals surface area contributed by atoms with Crippen molar-refractivity contribution in [3.05, 3.63) is 18.3 Å². The van der Waals surface area contributed by atoms with E-state index < -0.39 is 0 Å². The van der Waals surface area contributed by atoms with Crippen LogP contribution < -0.4 is 10.6 Å². The molecule has 5 heteroatoms. The zero-order valence-electron chi connectivity index (χ0n) is 9.48. The fourth-order valence-electron chi connectivity index (χ4n) is 1.25. The molecule has 0 atom stereocenters. The maximum atomic E-state index is 8.94. The van der Waals surface area contributed by atoms with Crippen LogP contribution in [0.5, 0.6) is 0 Å². The van der Waals surface area contributed by atoms with E-state index in [1.54, 1.807) is 12.3 Å². The monoisotopic (exact) mass is 225 g/mol. The molecule has 5 nitrogen and oxygen atoms in total. The predicted molar refractivity (Wildman–Crippen MR) is 64.6 cm³/mol. The minimum atomic E-state index is -0.332. The van der Waals surface area contributed by atoms with Crippen molar-refractivity contribution in [3.63, 3.8) is 0 Å². The molecule has 0 aromatic carbocycles. The van der Waals surface area contributed by atoms with Gasteiger partial charge in [-0.15, -0.1) is 0 Å². The summed E-state index contributed by atoms with van der Waals surface area (Å²) in [5.74, 6) is 0.793. The molecule has 0 aliphatic heterocycles. The van der Waals surface area contributed by atoms with Gasteiger partial charge in [0.15, 0.2) is 0 Å². The van der Waals surface area contributed by atoms with Gasteiger partial charge in [-0.3, -0.25) is 0 Å². The Hall–Kier alpha value is -1.33. The van der Waals surface area contributed by atoms with Gasteiger partial charge in [0.2, 0.25) is 0 Å². The first-order chi connectivity index (χ1) is 7.80. The molecule has 1 heterocycles. The third kappa shape index (κ3) is 4.04. The number of aromatic nitrogens is 1. The summed E-state index contributed by atoms with van der Waals surface area (Å²) in [6.07, 6.45) is 2.72. The Bertz CT molecular complexity index is 303. The summed E-state index contributed by atoms with van der Waals surface area (Å²) in [7, 11) is 0. The van der Waals surface area contributed by atoms with Gasteiger partial charge in [-0.05, 0) is 12.5 Å². The van der Waals surface area contributed by atoms with E-state index in [2.05, 4.69) is 22.5 Å². The van der Waals surface area contributed by atoms with Crippen molar-refractivity contribution >= 4 is 11.5 Å². The molecule has 0 spiro atoms. The van der Waals surface area contributed by atoms with Crippen molar-refractivity contribution in [2.75, 3.05) is 30.4 Å². The summed E-state index contributed by atoms with van der Waals surface area (Å²) in [5.41, 5.74) is 0.835. The predicted octanol–water partition coefficient (Wildman–Crippen LogP) is 0.669. The molecule has 1 aromatic rings. The van der Waals surface area contributed by atoms with Crippen molar-refractivity contribution in [2.45, 2.75) is 19.4 Å². The summed E-state index contributed by atoms with van der Waals surface area (Å²) in [4.78, 5) is 4.16. The summed E-state index contributed by atoms with van der Waals surface area (Å²) >= 11 is 0. The summed E-state index contributed by atoms with van der Waals surface area (Å²) in [6.45, 7) is 2.76. The van der Waals surface area contributed by atoms with Gasteiger partial charge < -0.3 is 20.8 Å². The highest BCUT2D eigenvalue weighted by Gasteiger charge is 2.05. The molecule has 90 valence electrons. The van der Waals surface area contributed by atoms with Crippen molar-refractivity contribution in [3.8, 4) is 0 Å². The highest BCUT2D eigenvalue weighted by Crippen LogP contribution is 2.12. The highest BCUT2D eigenvalue weighted by atomic mass is 16.3. The molecule has 16 heavy (non-hydrogen) atoms. The second-order valence-electron chi connectivity index (χ2n) is 3.56. The Morgan fingerprint density at radius 2 is 2.12 bits per heavy atom. The Morgan fingerprint density at radius 1 is 1.38 bits per heavy atom. The zero-order chi connectivity index (χ0) is 11.8. The minimum absolute atomic E-state index is 0.101. The molecule has 0 bridgehead atoms. The average molecular weight is 225 g/mol. The van der Waals surface area contributed by atoms with Crippen LogP contribution in [0.3, 0.4) is 0 Å². The number of pyridine rings is 1. The Morgan fingerprint density at radius 3 is 2.75 bits per heavy atom. The molecule has 0 radical (unpaired) electrons. The van der Waals surface area contributed by atoms with Crippen LogP contribution in [0.15, 0.2) is 18.3 Å². The van der Waals surface area contributed by atoms with Gasteiger partial charge in [0.1, 0.15) is 5.82 Å². The van der Waals surface area contributed by atoms with Crippen LogP contribution in [0.4, 0.5) is 11.5 Å². The van der Waals surface area contributed by atoms with Crippen LogP contribution in [0.2, 0.25) is 0 Å². The lowest BCUT2D eigenvalue weighted by Gasteiger charge is -2.15. The van der Waals surface area contributed by atoms with E-state index in [0.717, 1.165) is 24.5 Å². The number of nitrogens with zero attached hydrogens (tertiary/aromatic N) is 1. The van der Waals surface area contributed by atoms with E-state index in [9.17, 15) is 0 Å². The lowest BCUT2D eigenvalue weighted by atomic mass is 10.3. The first-order valence-corrected chi connectivity index (χ1v) is 5.48. The fraction of sp³-hybridized carbons (Fsp3) is 0.545. The second kappa shape index (κ2) is 7.03. The minimum Gasteiger partial charge on any atom is -0.394 e. The van der Waals surface area contributed by atoms with E-state index in [0.29, 0.717) is 0 Å². The van der Waals surface area contributed by atoms with Gasteiger partial charge in [0, 0.05) is 24.5 Å². The fourth-order valence-corrected chi connectivity index (χ4v) is 1.25. The summed E-state index contributed by atoms with van der Waals surface area (Å²) in [5, 5.41) is 24.1.